The number of nitrogens with one attached hydrogen (secondary N) is 1. The molecule has 1 N–H and O–H groups in total. The summed E-state index contributed by atoms with van der Waals surface area (Å²) >= 11 is 5.25. The molecule has 3 nitrogen and oxygen atoms in total. The molecule has 0 bridgehead atoms. The van der Waals surface area contributed by atoms with Gasteiger partial charge in [-0.1, -0.05) is 0 Å². The number of halogens is 1. The lowest BCUT2D eigenvalue weighted by atomic mass is 10.1. The highest BCUT2D eigenvalue weighted by Crippen LogP contribution is 2.12. The molecule has 1 saturated heterocycles. The molecule has 92 valence electrons. The Morgan fingerprint density at radius 1 is 1.59 bits per heavy atom. The van der Waals surface area contributed by atoms with Crippen molar-refractivity contribution in [2.45, 2.75) is 18.9 Å². The third-order valence-corrected chi connectivity index (χ3v) is 4.24. The Bertz CT molecular complexity index is 377. The van der Waals surface area contributed by atoms with E-state index in [1.54, 1.807) is 6.20 Å². The lowest BCUT2D eigenvalue weighted by molar-refractivity contribution is -0.118. The molecule has 17 heavy (non-hydrogen) atoms. The van der Waals surface area contributed by atoms with E-state index in [0.717, 1.165) is 28.2 Å². The maximum atomic E-state index is 11.9. The Morgan fingerprint density at radius 2 is 2.47 bits per heavy atom. The lowest BCUT2D eigenvalue weighted by Crippen LogP contribution is -2.39. The zero-order chi connectivity index (χ0) is 12.1. The standard InChI is InChI=1S/C12H15BrN2OS/c13-9-1-2-10(15-7-9)5-12(16)6-11-8-17-4-3-14-11/h1-2,7,11,14H,3-6,8H2. The molecule has 0 saturated carbocycles. The molecule has 0 aliphatic carbocycles. The van der Waals surface area contributed by atoms with Crippen LogP contribution >= 0.6 is 27.7 Å². The van der Waals surface area contributed by atoms with Gasteiger partial charge in [-0.25, -0.2) is 0 Å². The van der Waals surface area contributed by atoms with Crippen LogP contribution < -0.4 is 5.32 Å². The molecule has 0 radical (unpaired) electrons. The monoisotopic (exact) mass is 314 g/mol. The molecule has 0 aromatic carbocycles. The van der Waals surface area contributed by atoms with Crippen LogP contribution in [0.25, 0.3) is 0 Å². The van der Waals surface area contributed by atoms with Crippen LogP contribution in [-0.4, -0.2) is 34.9 Å². The van der Waals surface area contributed by atoms with Crippen LogP contribution in [0.3, 0.4) is 0 Å². The summed E-state index contributed by atoms with van der Waals surface area (Å²) in [6, 6.07) is 4.16. The summed E-state index contributed by atoms with van der Waals surface area (Å²) in [5.41, 5.74) is 0.849. The zero-order valence-corrected chi connectivity index (χ0v) is 11.9. The quantitative estimate of drug-likeness (QED) is 0.923. The van der Waals surface area contributed by atoms with Crippen LogP contribution in [0.15, 0.2) is 22.8 Å². The molecule has 1 aliphatic heterocycles. The molecule has 1 aromatic rings. The summed E-state index contributed by atoms with van der Waals surface area (Å²) in [6.45, 7) is 1.01. The first-order chi connectivity index (χ1) is 8.24. The Labute approximate surface area is 114 Å². The first kappa shape index (κ1) is 13.1. The van der Waals surface area contributed by atoms with Gasteiger partial charge in [-0.2, -0.15) is 11.8 Å². The van der Waals surface area contributed by atoms with Crippen LogP contribution in [0.1, 0.15) is 12.1 Å². The van der Waals surface area contributed by atoms with Crippen LogP contribution in [0.2, 0.25) is 0 Å². The Morgan fingerprint density at radius 3 is 3.12 bits per heavy atom. The van der Waals surface area contributed by atoms with Crippen LogP contribution in [-0.2, 0) is 11.2 Å². The fourth-order valence-electron chi connectivity index (χ4n) is 1.81. The van der Waals surface area contributed by atoms with Gasteiger partial charge >= 0.3 is 0 Å². The molecule has 2 rings (SSSR count). The number of hydrogen-bond acceptors (Lipinski definition) is 4. The number of Topliss-reactive ketones (excluding diaryl/α,β-unsaturated/α-hetero) is 1. The van der Waals surface area contributed by atoms with Crippen molar-refractivity contribution in [3.63, 3.8) is 0 Å². The van der Waals surface area contributed by atoms with E-state index in [1.807, 2.05) is 23.9 Å². The van der Waals surface area contributed by atoms with Gasteiger partial charge in [0.1, 0.15) is 5.78 Å². The minimum absolute atomic E-state index is 0.264. The third kappa shape index (κ3) is 4.41. The van der Waals surface area contributed by atoms with Crippen molar-refractivity contribution in [3.8, 4) is 0 Å². The molecule has 1 aliphatic rings. The van der Waals surface area contributed by atoms with Crippen molar-refractivity contribution in [2.24, 2.45) is 0 Å². The largest absolute Gasteiger partial charge is 0.312 e. The van der Waals surface area contributed by atoms with E-state index in [0.29, 0.717) is 18.9 Å². The van der Waals surface area contributed by atoms with Crippen molar-refractivity contribution in [1.29, 1.82) is 0 Å². The second-order valence-electron chi connectivity index (χ2n) is 4.11. The van der Waals surface area contributed by atoms with Gasteiger partial charge < -0.3 is 5.32 Å². The summed E-state index contributed by atoms with van der Waals surface area (Å²) in [6.07, 6.45) is 2.79. The number of carbonyl (C=O) groups is 1. The molecule has 0 amide bonds. The van der Waals surface area contributed by atoms with E-state index < -0.39 is 0 Å². The molecule has 5 heteroatoms. The van der Waals surface area contributed by atoms with Gasteiger partial charge in [0.15, 0.2) is 0 Å². The van der Waals surface area contributed by atoms with Gasteiger partial charge in [0, 0.05) is 53.3 Å². The second-order valence-corrected chi connectivity index (χ2v) is 6.18. The summed E-state index contributed by atoms with van der Waals surface area (Å²) in [5, 5.41) is 3.38. The first-order valence-electron chi connectivity index (χ1n) is 5.67. The maximum Gasteiger partial charge on any atom is 0.140 e. The summed E-state index contributed by atoms with van der Waals surface area (Å²) in [4.78, 5) is 16.1. The summed E-state index contributed by atoms with van der Waals surface area (Å²) in [5.74, 6) is 2.46. The number of pyridine rings is 1. The number of hydrogen-bond donors (Lipinski definition) is 1. The first-order valence-corrected chi connectivity index (χ1v) is 7.62. The molecular weight excluding hydrogens is 300 g/mol. The smallest absolute Gasteiger partial charge is 0.140 e. The lowest BCUT2D eigenvalue weighted by Gasteiger charge is -2.22. The number of thioether (sulfide) groups is 1. The number of rotatable bonds is 4. The van der Waals surface area contributed by atoms with Crippen molar-refractivity contribution in [1.82, 2.24) is 10.3 Å². The molecule has 0 spiro atoms. The molecule has 1 aromatic heterocycles. The predicted octanol–water partition coefficient (Wildman–Crippen LogP) is 2.05. The second kappa shape index (κ2) is 6.52. The van der Waals surface area contributed by atoms with E-state index in [4.69, 9.17) is 0 Å². The topological polar surface area (TPSA) is 42.0 Å². The Kier molecular flexibility index (Phi) is 5.00. The number of ketones is 1. The van der Waals surface area contributed by atoms with Crippen LogP contribution in [0, 0.1) is 0 Å². The van der Waals surface area contributed by atoms with Crippen LogP contribution in [0.4, 0.5) is 0 Å². The van der Waals surface area contributed by atoms with E-state index in [9.17, 15) is 4.79 Å². The number of aromatic nitrogens is 1. The highest BCUT2D eigenvalue weighted by molar-refractivity contribution is 9.10. The minimum Gasteiger partial charge on any atom is -0.312 e. The van der Waals surface area contributed by atoms with Gasteiger partial charge in [-0.05, 0) is 28.1 Å². The average Bonchev–Trinajstić information content (AvgIpc) is 2.33. The van der Waals surface area contributed by atoms with E-state index in [1.165, 1.54) is 0 Å². The van der Waals surface area contributed by atoms with Gasteiger partial charge in [0.05, 0.1) is 0 Å². The van der Waals surface area contributed by atoms with Gasteiger partial charge in [0.25, 0.3) is 0 Å². The Balaban J connectivity index is 1.82. The fraction of sp³-hybridized carbons (Fsp3) is 0.500. The zero-order valence-electron chi connectivity index (χ0n) is 9.49. The Hall–Kier alpha value is -0.390. The highest BCUT2D eigenvalue weighted by atomic mass is 79.9. The SMILES string of the molecule is O=C(Cc1ccc(Br)cn1)CC1CSCCN1. The van der Waals surface area contributed by atoms with Crippen molar-refractivity contribution < 1.29 is 4.79 Å². The number of carbonyl (C=O) groups excluding carboxylic acids is 1. The maximum absolute atomic E-state index is 11.9. The van der Waals surface area contributed by atoms with E-state index in [-0.39, 0.29) is 5.78 Å². The summed E-state index contributed by atoms with van der Waals surface area (Å²) < 4.78 is 0.944. The van der Waals surface area contributed by atoms with Gasteiger partial charge in [-0.3, -0.25) is 9.78 Å². The molecule has 1 unspecified atom stereocenters. The molecule has 1 fully saturated rings. The fourth-order valence-corrected chi connectivity index (χ4v) is 2.99. The number of nitrogens with zero attached hydrogens (tertiary/aromatic N) is 1. The average molecular weight is 315 g/mol. The van der Waals surface area contributed by atoms with Gasteiger partial charge in [0.2, 0.25) is 0 Å². The normalized spacial score (nSPS) is 20.2. The van der Waals surface area contributed by atoms with Gasteiger partial charge in [-0.15, -0.1) is 0 Å². The highest BCUT2D eigenvalue weighted by Gasteiger charge is 2.16. The van der Waals surface area contributed by atoms with E-state index >= 15 is 0 Å². The summed E-state index contributed by atoms with van der Waals surface area (Å²) in [7, 11) is 0. The third-order valence-electron chi connectivity index (χ3n) is 2.64. The molecular formula is C12H15BrN2OS. The van der Waals surface area contributed by atoms with Crippen LogP contribution in [0.5, 0.6) is 0 Å². The van der Waals surface area contributed by atoms with Crippen molar-refractivity contribution in [2.75, 3.05) is 18.1 Å². The predicted molar refractivity (Wildman–Crippen MR) is 74.4 cm³/mol. The van der Waals surface area contributed by atoms with Crippen molar-refractivity contribution in [3.05, 3.63) is 28.5 Å². The van der Waals surface area contributed by atoms with Crippen molar-refractivity contribution >= 4 is 33.5 Å². The molecule has 1 atom stereocenters. The van der Waals surface area contributed by atoms with E-state index in [2.05, 4.69) is 26.2 Å². The molecule has 2 heterocycles. The minimum atomic E-state index is 0.264.